The first-order valence-electron chi connectivity index (χ1n) is 10.9. The monoisotopic (exact) mass is 454 g/mol. The van der Waals surface area contributed by atoms with Gasteiger partial charge < -0.3 is 24.3 Å². The summed E-state index contributed by atoms with van der Waals surface area (Å²) >= 11 is 0. The minimum Gasteiger partial charge on any atom is -0.494 e. The van der Waals surface area contributed by atoms with Crippen LogP contribution in [0.25, 0.3) is 5.57 Å². The number of carbonyl (C=O) groups excluding carboxylic acids is 2. The van der Waals surface area contributed by atoms with Crippen LogP contribution in [0.15, 0.2) is 42.1 Å². The van der Waals surface area contributed by atoms with E-state index in [0.717, 1.165) is 12.8 Å². The fourth-order valence-electron chi connectivity index (χ4n) is 3.66. The van der Waals surface area contributed by atoms with Gasteiger partial charge in [-0.1, -0.05) is 25.5 Å². The molecule has 0 fully saturated rings. The fourth-order valence-corrected chi connectivity index (χ4v) is 3.66. The molecule has 0 aromatic heterocycles. The van der Waals surface area contributed by atoms with Gasteiger partial charge in [0.05, 0.1) is 33.5 Å². The smallest absolute Gasteiger partial charge is 0.278 e. The van der Waals surface area contributed by atoms with Crippen molar-refractivity contribution in [2.45, 2.75) is 26.7 Å². The highest BCUT2D eigenvalue weighted by Gasteiger charge is 2.39. The van der Waals surface area contributed by atoms with Crippen molar-refractivity contribution in [3.05, 3.63) is 47.7 Å². The Morgan fingerprint density at radius 1 is 0.879 bits per heavy atom. The third-order valence-corrected chi connectivity index (χ3v) is 5.29. The summed E-state index contributed by atoms with van der Waals surface area (Å²) in [6.45, 7) is 4.81. The molecule has 0 saturated heterocycles. The molecule has 2 aromatic carbocycles. The van der Waals surface area contributed by atoms with E-state index in [0.29, 0.717) is 53.0 Å². The van der Waals surface area contributed by atoms with Gasteiger partial charge in [-0.3, -0.25) is 14.5 Å². The molecule has 1 N–H and O–H groups in total. The minimum absolute atomic E-state index is 0.203. The number of nitrogens with one attached hydrogen (secondary N) is 1. The third-order valence-electron chi connectivity index (χ3n) is 5.29. The second-order valence-electron chi connectivity index (χ2n) is 7.36. The maximum Gasteiger partial charge on any atom is 0.278 e. The molecule has 1 aliphatic heterocycles. The standard InChI is InChI=1S/C25H30N2O6/c1-6-8-13-27-24(28)21(16-9-11-18(12-10-16)33-7-2)22(25(27)29)26-17-14-19(30-3)23(32-5)20(15-17)31-4/h9-12,14-15,26H,6-8,13H2,1-5H3. The maximum atomic E-state index is 13.3. The van der Waals surface area contributed by atoms with Crippen LogP contribution in [0.2, 0.25) is 0 Å². The number of ether oxygens (including phenoxy) is 4. The van der Waals surface area contributed by atoms with Gasteiger partial charge in [-0.05, 0) is 31.0 Å². The first-order chi connectivity index (χ1) is 16.0. The summed E-state index contributed by atoms with van der Waals surface area (Å²) < 4.78 is 21.7. The highest BCUT2D eigenvalue weighted by Crippen LogP contribution is 2.41. The topological polar surface area (TPSA) is 86.3 Å². The number of anilines is 1. The predicted octanol–water partition coefficient (Wildman–Crippen LogP) is 4.10. The Labute approximate surface area is 194 Å². The van der Waals surface area contributed by atoms with Crippen molar-refractivity contribution in [2.75, 3.05) is 39.8 Å². The van der Waals surface area contributed by atoms with E-state index in [2.05, 4.69) is 5.32 Å². The molecule has 0 bridgehead atoms. The van der Waals surface area contributed by atoms with Crippen molar-refractivity contribution in [1.29, 1.82) is 0 Å². The number of unbranched alkanes of at least 4 members (excludes halogenated alkanes) is 1. The van der Waals surface area contributed by atoms with Crippen LogP contribution in [0, 0.1) is 0 Å². The van der Waals surface area contributed by atoms with Crippen LogP contribution in [0.3, 0.4) is 0 Å². The molecule has 0 unspecified atom stereocenters. The summed E-state index contributed by atoms with van der Waals surface area (Å²) in [7, 11) is 4.55. The number of carbonyl (C=O) groups is 2. The Hall–Kier alpha value is -3.68. The molecule has 0 saturated carbocycles. The molecule has 33 heavy (non-hydrogen) atoms. The zero-order valence-corrected chi connectivity index (χ0v) is 19.7. The summed E-state index contributed by atoms with van der Waals surface area (Å²) in [5.74, 6) is 1.30. The van der Waals surface area contributed by atoms with E-state index in [-0.39, 0.29) is 17.5 Å². The quantitative estimate of drug-likeness (QED) is 0.512. The molecule has 0 radical (unpaired) electrons. The molecule has 0 spiro atoms. The number of hydrogen-bond donors (Lipinski definition) is 1. The van der Waals surface area contributed by atoms with Crippen LogP contribution in [-0.2, 0) is 9.59 Å². The van der Waals surface area contributed by atoms with Crippen molar-refractivity contribution in [3.8, 4) is 23.0 Å². The molecule has 176 valence electrons. The summed E-state index contributed by atoms with van der Waals surface area (Å²) in [5.41, 5.74) is 1.68. The zero-order chi connectivity index (χ0) is 24.0. The molecule has 3 rings (SSSR count). The highest BCUT2D eigenvalue weighted by atomic mass is 16.5. The first-order valence-corrected chi connectivity index (χ1v) is 10.9. The van der Waals surface area contributed by atoms with Crippen molar-refractivity contribution < 1.29 is 28.5 Å². The fraction of sp³-hybridized carbons (Fsp3) is 0.360. The number of methoxy groups -OCH3 is 3. The second-order valence-corrected chi connectivity index (χ2v) is 7.36. The lowest BCUT2D eigenvalue weighted by Gasteiger charge is -2.16. The molecular formula is C25H30N2O6. The van der Waals surface area contributed by atoms with Crippen LogP contribution in [0.5, 0.6) is 23.0 Å². The minimum atomic E-state index is -0.369. The molecule has 0 atom stereocenters. The number of rotatable bonds is 11. The van der Waals surface area contributed by atoms with Crippen LogP contribution in [0.1, 0.15) is 32.3 Å². The van der Waals surface area contributed by atoms with Gasteiger partial charge in [-0.25, -0.2) is 0 Å². The second kappa shape index (κ2) is 10.8. The van der Waals surface area contributed by atoms with Crippen molar-refractivity contribution in [3.63, 3.8) is 0 Å². The Kier molecular flexibility index (Phi) is 7.82. The maximum absolute atomic E-state index is 13.3. The highest BCUT2D eigenvalue weighted by molar-refractivity contribution is 6.36. The van der Waals surface area contributed by atoms with Crippen LogP contribution in [0.4, 0.5) is 5.69 Å². The lowest BCUT2D eigenvalue weighted by atomic mass is 10.0. The third kappa shape index (κ3) is 4.89. The van der Waals surface area contributed by atoms with Gasteiger partial charge in [0.25, 0.3) is 11.8 Å². The van der Waals surface area contributed by atoms with Crippen LogP contribution in [-0.4, -0.2) is 51.2 Å². The van der Waals surface area contributed by atoms with Crippen molar-refractivity contribution in [2.24, 2.45) is 0 Å². The predicted molar refractivity (Wildman–Crippen MR) is 126 cm³/mol. The number of amides is 2. The number of nitrogens with zero attached hydrogens (tertiary/aromatic N) is 1. The van der Waals surface area contributed by atoms with Gasteiger partial charge in [0.1, 0.15) is 11.4 Å². The summed E-state index contributed by atoms with van der Waals surface area (Å²) in [6.07, 6.45) is 1.59. The zero-order valence-electron chi connectivity index (χ0n) is 19.7. The SMILES string of the molecule is CCCCN1C(=O)C(Nc2cc(OC)c(OC)c(OC)c2)=C(c2ccc(OCC)cc2)C1=O. The molecule has 8 nitrogen and oxygen atoms in total. The Bertz CT molecular complexity index is 1020. The molecule has 2 amide bonds. The van der Waals surface area contributed by atoms with E-state index in [9.17, 15) is 9.59 Å². The molecule has 0 aliphatic carbocycles. The van der Waals surface area contributed by atoms with E-state index < -0.39 is 0 Å². The van der Waals surface area contributed by atoms with Gasteiger partial charge in [-0.15, -0.1) is 0 Å². The van der Waals surface area contributed by atoms with Gasteiger partial charge in [0.15, 0.2) is 11.5 Å². The van der Waals surface area contributed by atoms with Gasteiger partial charge in [0, 0.05) is 24.4 Å². The van der Waals surface area contributed by atoms with E-state index in [4.69, 9.17) is 18.9 Å². The molecule has 8 heteroatoms. The van der Waals surface area contributed by atoms with Crippen LogP contribution >= 0.6 is 0 Å². The summed E-state index contributed by atoms with van der Waals surface area (Å²) in [6, 6.07) is 10.5. The normalized spacial score (nSPS) is 13.4. The lowest BCUT2D eigenvalue weighted by Crippen LogP contribution is -2.33. The average molecular weight is 455 g/mol. The Balaban J connectivity index is 2.07. The van der Waals surface area contributed by atoms with E-state index in [1.807, 2.05) is 13.8 Å². The van der Waals surface area contributed by atoms with Crippen molar-refractivity contribution >= 4 is 23.1 Å². The van der Waals surface area contributed by atoms with Gasteiger partial charge in [0.2, 0.25) is 5.75 Å². The summed E-state index contributed by atoms with van der Waals surface area (Å²) in [4.78, 5) is 27.9. The molecule has 1 heterocycles. The van der Waals surface area contributed by atoms with E-state index >= 15 is 0 Å². The van der Waals surface area contributed by atoms with E-state index in [1.165, 1.54) is 26.2 Å². The molecular weight excluding hydrogens is 424 g/mol. The molecule has 2 aromatic rings. The van der Waals surface area contributed by atoms with Gasteiger partial charge >= 0.3 is 0 Å². The van der Waals surface area contributed by atoms with Crippen LogP contribution < -0.4 is 24.3 Å². The Morgan fingerprint density at radius 3 is 2.03 bits per heavy atom. The van der Waals surface area contributed by atoms with Crippen molar-refractivity contribution in [1.82, 2.24) is 4.90 Å². The summed E-state index contributed by atoms with van der Waals surface area (Å²) in [5, 5.41) is 3.14. The number of hydrogen-bond acceptors (Lipinski definition) is 7. The first kappa shape index (κ1) is 24.0. The number of imide groups is 1. The largest absolute Gasteiger partial charge is 0.494 e. The average Bonchev–Trinajstić information content (AvgIpc) is 3.06. The van der Waals surface area contributed by atoms with E-state index in [1.54, 1.807) is 36.4 Å². The number of benzene rings is 2. The van der Waals surface area contributed by atoms with Gasteiger partial charge in [-0.2, -0.15) is 0 Å². The lowest BCUT2D eigenvalue weighted by molar-refractivity contribution is -0.136. The Morgan fingerprint density at radius 2 is 1.52 bits per heavy atom. The molecule has 1 aliphatic rings.